The summed E-state index contributed by atoms with van der Waals surface area (Å²) in [5.74, 6) is -0.379. The summed E-state index contributed by atoms with van der Waals surface area (Å²) < 4.78 is 0. The molecule has 0 aliphatic carbocycles. The standard InChI is InChI=1S/C17H19N3O2S/c1-2-18-17(22)20-16(21)12-19-14-10-6-7-11-15(14)23-13-8-4-3-5-9-13/h3-11,19H,2,12H2,1H3,(H2,18,20,21,22). The summed E-state index contributed by atoms with van der Waals surface area (Å²) in [6.07, 6.45) is 0. The van der Waals surface area contributed by atoms with E-state index < -0.39 is 6.03 Å². The Hall–Kier alpha value is -2.47. The number of rotatable bonds is 6. The topological polar surface area (TPSA) is 70.2 Å². The molecule has 0 aliphatic heterocycles. The summed E-state index contributed by atoms with van der Waals surface area (Å²) in [5.41, 5.74) is 0.854. The number of hydrogen-bond acceptors (Lipinski definition) is 4. The van der Waals surface area contributed by atoms with E-state index >= 15 is 0 Å². The van der Waals surface area contributed by atoms with Crippen LogP contribution in [0.3, 0.4) is 0 Å². The first-order valence-corrected chi connectivity index (χ1v) is 8.14. The molecule has 0 saturated heterocycles. The molecule has 3 N–H and O–H groups in total. The second kappa shape index (κ2) is 8.85. The van der Waals surface area contributed by atoms with Crippen LogP contribution in [0, 0.1) is 0 Å². The molecule has 0 heterocycles. The molecule has 23 heavy (non-hydrogen) atoms. The second-order valence-corrected chi connectivity index (χ2v) is 5.79. The fourth-order valence-electron chi connectivity index (χ4n) is 1.87. The van der Waals surface area contributed by atoms with Crippen LogP contribution in [-0.4, -0.2) is 25.0 Å². The number of carbonyl (C=O) groups is 2. The SMILES string of the molecule is CCNC(=O)NC(=O)CNc1ccccc1Sc1ccccc1. The Morgan fingerprint density at radius 2 is 1.70 bits per heavy atom. The third-order valence-electron chi connectivity index (χ3n) is 2.89. The summed E-state index contributed by atoms with van der Waals surface area (Å²) in [6, 6.07) is 17.3. The van der Waals surface area contributed by atoms with Crippen LogP contribution in [0.15, 0.2) is 64.4 Å². The van der Waals surface area contributed by atoms with E-state index in [2.05, 4.69) is 16.0 Å². The molecule has 0 aromatic heterocycles. The van der Waals surface area contributed by atoms with E-state index in [1.165, 1.54) is 0 Å². The van der Waals surface area contributed by atoms with Crippen molar-refractivity contribution >= 4 is 29.4 Å². The van der Waals surface area contributed by atoms with Gasteiger partial charge in [0.25, 0.3) is 0 Å². The van der Waals surface area contributed by atoms with Crippen LogP contribution in [0.5, 0.6) is 0 Å². The van der Waals surface area contributed by atoms with Crippen molar-refractivity contribution in [3.8, 4) is 0 Å². The molecule has 0 atom stereocenters. The van der Waals surface area contributed by atoms with Crippen LogP contribution in [0.25, 0.3) is 0 Å². The van der Waals surface area contributed by atoms with E-state index in [-0.39, 0.29) is 12.5 Å². The van der Waals surface area contributed by atoms with Crippen LogP contribution in [-0.2, 0) is 4.79 Å². The lowest BCUT2D eigenvalue weighted by atomic mass is 10.3. The Balaban J connectivity index is 1.95. The summed E-state index contributed by atoms with van der Waals surface area (Å²) >= 11 is 1.61. The van der Waals surface area contributed by atoms with Crippen molar-refractivity contribution in [3.63, 3.8) is 0 Å². The fraction of sp³-hybridized carbons (Fsp3) is 0.176. The lowest BCUT2D eigenvalue weighted by molar-refractivity contribution is -0.118. The summed E-state index contributed by atoms with van der Waals surface area (Å²) in [4.78, 5) is 25.2. The largest absolute Gasteiger partial charge is 0.375 e. The zero-order chi connectivity index (χ0) is 16.5. The molecule has 0 radical (unpaired) electrons. The molecule has 2 rings (SSSR count). The minimum Gasteiger partial charge on any atom is -0.375 e. The highest BCUT2D eigenvalue weighted by molar-refractivity contribution is 7.99. The molecule has 5 nitrogen and oxygen atoms in total. The molecule has 0 saturated carbocycles. The second-order valence-electron chi connectivity index (χ2n) is 4.67. The van der Waals surface area contributed by atoms with Crippen molar-refractivity contribution in [1.29, 1.82) is 0 Å². The minimum atomic E-state index is -0.480. The van der Waals surface area contributed by atoms with Gasteiger partial charge in [-0.25, -0.2) is 4.79 Å². The fourth-order valence-corrected chi connectivity index (χ4v) is 2.81. The quantitative estimate of drug-likeness (QED) is 0.762. The molecule has 2 aromatic rings. The van der Waals surface area contributed by atoms with Gasteiger partial charge >= 0.3 is 6.03 Å². The Morgan fingerprint density at radius 1 is 1.00 bits per heavy atom. The van der Waals surface area contributed by atoms with Crippen molar-refractivity contribution in [2.45, 2.75) is 16.7 Å². The molecule has 2 aromatic carbocycles. The van der Waals surface area contributed by atoms with Crippen LogP contribution in [0.2, 0.25) is 0 Å². The smallest absolute Gasteiger partial charge is 0.321 e. The van der Waals surface area contributed by atoms with Crippen molar-refractivity contribution in [2.24, 2.45) is 0 Å². The molecule has 3 amide bonds. The Kier molecular flexibility index (Phi) is 6.50. The number of benzene rings is 2. The normalized spacial score (nSPS) is 9.96. The van der Waals surface area contributed by atoms with Gasteiger partial charge in [0.2, 0.25) is 5.91 Å². The van der Waals surface area contributed by atoms with Gasteiger partial charge in [-0.05, 0) is 31.2 Å². The van der Waals surface area contributed by atoms with Gasteiger partial charge in [-0.1, -0.05) is 42.1 Å². The number of carbonyl (C=O) groups excluding carboxylic acids is 2. The van der Waals surface area contributed by atoms with Crippen LogP contribution < -0.4 is 16.0 Å². The number of amides is 3. The molecule has 120 valence electrons. The number of hydrogen-bond donors (Lipinski definition) is 3. The van der Waals surface area contributed by atoms with Crippen molar-refractivity contribution < 1.29 is 9.59 Å². The molecule has 0 spiro atoms. The lowest BCUT2D eigenvalue weighted by Gasteiger charge is -2.11. The third-order valence-corrected chi connectivity index (χ3v) is 3.97. The molecule has 0 unspecified atom stereocenters. The predicted octanol–water partition coefficient (Wildman–Crippen LogP) is 3.10. The van der Waals surface area contributed by atoms with Crippen molar-refractivity contribution in [1.82, 2.24) is 10.6 Å². The number of nitrogens with one attached hydrogen (secondary N) is 3. The Bertz CT molecular complexity index is 662. The molecule has 0 fully saturated rings. The van der Waals surface area contributed by atoms with Gasteiger partial charge in [0.1, 0.15) is 0 Å². The highest BCUT2D eigenvalue weighted by Crippen LogP contribution is 2.32. The highest BCUT2D eigenvalue weighted by atomic mass is 32.2. The van der Waals surface area contributed by atoms with Gasteiger partial charge < -0.3 is 10.6 Å². The molecule has 6 heteroatoms. The van der Waals surface area contributed by atoms with Gasteiger partial charge in [-0.3, -0.25) is 10.1 Å². The third kappa shape index (κ3) is 5.67. The van der Waals surface area contributed by atoms with E-state index in [4.69, 9.17) is 0 Å². The first-order chi connectivity index (χ1) is 11.2. The van der Waals surface area contributed by atoms with E-state index in [1.54, 1.807) is 18.7 Å². The lowest BCUT2D eigenvalue weighted by Crippen LogP contribution is -2.41. The molecular formula is C17H19N3O2S. The number of anilines is 1. The van der Waals surface area contributed by atoms with Gasteiger partial charge in [0.15, 0.2) is 0 Å². The van der Waals surface area contributed by atoms with Crippen LogP contribution in [0.1, 0.15) is 6.92 Å². The summed E-state index contributed by atoms with van der Waals surface area (Å²) in [5, 5.41) is 7.85. The Labute approximate surface area is 139 Å². The first-order valence-electron chi connectivity index (χ1n) is 7.32. The zero-order valence-electron chi connectivity index (χ0n) is 12.8. The van der Waals surface area contributed by atoms with Crippen molar-refractivity contribution in [2.75, 3.05) is 18.4 Å². The molecule has 0 bridgehead atoms. The maximum atomic E-state index is 11.7. The van der Waals surface area contributed by atoms with Gasteiger partial charge in [0.05, 0.1) is 6.54 Å². The van der Waals surface area contributed by atoms with E-state index in [0.717, 1.165) is 15.5 Å². The van der Waals surface area contributed by atoms with E-state index in [9.17, 15) is 9.59 Å². The predicted molar refractivity (Wildman–Crippen MR) is 92.7 cm³/mol. The van der Waals surface area contributed by atoms with E-state index in [1.807, 2.05) is 54.6 Å². The van der Waals surface area contributed by atoms with Crippen LogP contribution >= 0.6 is 11.8 Å². The highest BCUT2D eigenvalue weighted by Gasteiger charge is 2.08. The Morgan fingerprint density at radius 3 is 2.43 bits per heavy atom. The zero-order valence-corrected chi connectivity index (χ0v) is 13.7. The number of urea groups is 1. The average molecular weight is 329 g/mol. The molecular weight excluding hydrogens is 310 g/mol. The maximum Gasteiger partial charge on any atom is 0.321 e. The number of imide groups is 1. The van der Waals surface area contributed by atoms with E-state index in [0.29, 0.717) is 6.54 Å². The van der Waals surface area contributed by atoms with Gasteiger partial charge in [-0.15, -0.1) is 0 Å². The summed E-state index contributed by atoms with van der Waals surface area (Å²) in [6.45, 7) is 2.30. The van der Waals surface area contributed by atoms with Crippen LogP contribution in [0.4, 0.5) is 10.5 Å². The monoisotopic (exact) mass is 329 g/mol. The minimum absolute atomic E-state index is 0.0312. The van der Waals surface area contributed by atoms with Crippen molar-refractivity contribution in [3.05, 3.63) is 54.6 Å². The number of para-hydroxylation sites is 1. The average Bonchev–Trinajstić information content (AvgIpc) is 2.55. The first kappa shape index (κ1) is 16.9. The van der Waals surface area contributed by atoms with Gasteiger partial charge in [-0.2, -0.15) is 0 Å². The maximum absolute atomic E-state index is 11.7. The summed E-state index contributed by atoms with van der Waals surface area (Å²) in [7, 11) is 0. The van der Waals surface area contributed by atoms with Gasteiger partial charge in [0, 0.05) is 22.0 Å². The molecule has 0 aliphatic rings.